The minimum atomic E-state index is -0.923. The largest absolute Gasteiger partial charge is 0.481 e. The second-order valence-electron chi connectivity index (χ2n) is 4.18. The number of hydrogen-bond donors (Lipinski definition) is 2. The minimum absolute atomic E-state index is 0.0638. The third-order valence-corrected chi connectivity index (χ3v) is 2.91. The Bertz CT molecular complexity index is 331. The second-order valence-corrected chi connectivity index (χ2v) is 4.18. The van der Waals surface area contributed by atoms with E-state index in [1.165, 1.54) is 12.0 Å². The molecule has 7 nitrogen and oxygen atoms in total. The zero-order valence-corrected chi connectivity index (χ0v) is 10.3. The van der Waals surface area contributed by atoms with Crippen LogP contribution in [0.5, 0.6) is 0 Å². The van der Waals surface area contributed by atoms with E-state index in [9.17, 15) is 14.4 Å². The zero-order chi connectivity index (χ0) is 13.5. The van der Waals surface area contributed by atoms with Crippen molar-refractivity contribution < 1.29 is 24.2 Å². The molecule has 2 amide bonds. The van der Waals surface area contributed by atoms with Crippen LogP contribution in [0.4, 0.5) is 4.79 Å². The van der Waals surface area contributed by atoms with Gasteiger partial charge in [0.05, 0.1) is 13.5 Å². The van der Waals surface area contributed by atoms with E-state index in [1.54, 1.807) is 0 Å². The van der Waals surface area contributed by atoms with Gasteiger partial charge in [0.1, 0.15) is 6.54 Å². The highest BCUT2D eigenvalue weighted by Crippen LogP contribution is 2.19. The molecule has 1 fully saturated rings. The van der Waals surface area contributed by atoms with Crippen LogP contribution in [0, 0.1) is 0 Å². The summed E-state index contributed by atoms with van der Waals surface area (Å²) in [5.41, 5.74) is 0. The van der Waals surface area contributed by atoms with Crippen LogP contribution < -0.4 is 5.32 Å². The van der Waals surface area contributed by atoms with Crippen molar-refractivity contribution in [3.05, 3.63) is 0 Å². The minimum Gasteiger partial charge on any atom is -0.481 e. The van der Waals surface area contributed by atoms with Gasteiger partial charge in [-0.25, -0.2) is 4.79 Å². The first-order valence-corrected chi connectivity index (χ1v) is 5.87. The number of urea groups is 1. The number of likely N-dealkylation sites (tertiary alicyclic amines) is 1. The number of esters is 1. The Morgan fingerprint density at radius 2 is 2.11 bits per heavy atom. The van der Waals surface area contributed by atoms with Crippen molar-refractivity contribution in [2.75, 3.05) is 20.2 Å². The monoisotopic (exact) mass is 258 g/mol. The van der Waals surface area contributed by atoms with Crippen molar-refractivity contribution in [2.45, 2.75) is 31.7 Å². The maximum absolute atomic E-state index is 11.8. The summed E-state index contributed by atoms with van der Waals surface area (Å²) in [6.45, 7) is 0.316. The molecule has 0 aromatic carbocycles. The number of aliphatic carboxylic acids is 1. The number of amides is 2. The molecule has 1 rings (SSSR count). The van der Waals surface area contributed by atoms with E-state index in [1.807, 2.05) is 0 Å². The normalized spacial score (nSPS) is 19.2. The van der Waals surface area contributed by atoms with Gasteiger partial charge in [0.2, 0.25) is 0 Å². The Kier molecular flexibility index (Phi) is 5.41. The van der Waals surface area contributed by atoms with Crippen LogP contribution in [0.2, 0.25) is 0 Å². The molecule has 0 spiro atoms. The number of methoxy groups -OCH3 is 1. The molecule has 18 heavy (non-hydrogen) atoms. The SMILES string of the molecule is COC(=O)CNC(=O)N1CCCCC1CC(=O)O. The Morgan fingerprint density at radius 3 is 2.72 bits per heavy atom. The summed E-state index contributed by atoms with van der Waals surface area (Å²) in [6.07, 6.45) is 2.38. The molecule has 0 aromatic heterocycles. The predicted molar refractivity (Wildman–Crippen MR) is 62.0 cm³/mol. The summed E-state index contributed by atoms with van der Waals surface area (Å²) in [4.78, 5) is 34.9. The number of carboxylic acid groups (broad SMARTS) is 1. The van der Waals surface area contributed by atoms with Crippen LogP contribution in [0.25, 0.3) is 0 Å². The van der Waals surface area contributed by atoms with Crippen molar-refractivity contribution in [1.82, 2.24) is 10.2 Å². The molecule has 0 aromatic rings. The van der Waals surface area contributed by atoms with Crippen molar-refractivity contribution >= 4 is 18.0 Å². The average Bonchev–Trinajstić information content (AvgIpc) is 2.35. The Hall–Kier alpha value is -1.79. The van der Waals surface area contributed by atoms with Crippen LogP contribution in [-0.4, -0.2) is 54.2 Å². The Balaban J connectivity index is 2.51. The molecular weight excluding hydrogens is 240 g/mol. The quantitative estimate of drug-likeness (QED) is 0.702. The summed E-state index contributed by atoms with van der Waals surface area (Å²) in [5, 5.41) is 11.2. The molecule has 102 valence electrons. The molecule has 0 bridgehead atoms. The third-order valence-electron chi connectivity index (χ3n) is 2.91. The van der Waals surface area contributed by atoms with Gasteiger partial charge in [0.25, 0.3) is 0 Å². The van der Waals surface area contributed by atoms with Gasteiger partial charge in [-0.05, 0) is 19.3 Å². The number of rotatable bonds is 4. The number of carbonyl (C=O) groups is 3. The maximum Gasteiger partial charge on any atom is 0.325 e. The molecule has 0 aliphatic carbocycles. The van der Waals surface area contributed by atoms with Gasteiger partial charge >= 0.3 is 18.0 Å². The van der Waals surface area contributed by atoms with Crippen LogP contribution in [0.15, 0.2) is 0 Å². The fourth-order valence-electron chi connectivity index (χ4n) is 2.00. The number of carboxylic acids is 1. The highest BCUT2D eigenvalue weighted by Gasteiger charge is 2.28. The third kappa shape index (κ3) is 4.23. The molecule has 1 unspecified atom stereocenters. The Labute approximate surface area is 105 Å². The van der Waals surface area contributed by atoms with Gasteiger partial charge in [-0.15, -0.1) is 0 Å². The van der Waals surface area contributed by atoms with E-state index in [-0.39, 0.29) is 19.0 Å². The first-order chi connectivity index (χ1) is 8.54. The number of ether oxygens (including phenoxy) is 1. The summed E-state index contributed by atoms with van der Waals surface area (Å²) >= 11 is 0. The maximum atomic E-state index is 11.8. The van der Waals surface area contributed by atoms with E-state index in [4.69, 9.17) is 5.11 Å². The number of nitrogens with zero attached hydrogens (tertiary/aromatic N) is 1. The summed E-state index contributed by atoms with van der Waals surface area (Å²) in [5.74, 6) is -1.46. The van der Waals surface area contributed by atoms with Crippen LogP contribution in [0.1, 0.15) is 25.7 Å². The molecule has 2 N–H and O–H groups in total. The number of hydrogen-bond acceptors (Lipinski definition) is 4. The molecule has 1 saturated heterocycles. The van der Waals surface area contributed by atoms with Crippen molar-refractivity contribution in [2.24, 2.45) is 0 Å². The lowest BCUT2D eigenvalue weighted by atomic mass is 10.00. The molecule has 1 heterocycles. The second kappa shape index (κ2) is 6.83. The molecule has 7 heteroatoms. The predicted octanol–water partition coefficient (Wildman–Crippen LogP) is 0.198. The smallest absolute Gasteiger partial charge is 0.325 e. The lowest BCUT2D eigenvalue weighted by Crippen LogP contribution is -2.50. The van der Waals surface area contributed by atoms with Crippen molar-refractivity contribution in [3.63, 3.8) is 0 Å². The highest BCUT2D eigenvalue weighted by molar-refractivity contribution is 5.81. The summed E-state index contributed by atoms with van der Waals surface area (Å²) < 4.78 is 4.41. The first kappa shape index (κ1) is 14.3. The molecular formula is C11H18N2O5. The van der Waals surface area contributed by atoms with Crippen LogP contribution in [0.3, 0.4) is 0 Å². The average molecular weight is 258 g/mol. The molecule has 1 aliphatic rings. The fourth-order valence-corrected chi connectivity index (χ4v) is 2.00. The molecule has 1 atom stereocenters. The van der Waals surface area contributed by atoms with Crippen molar-refractivity contribution in [1.29, 1.82) is 0 Å². The van der Waals surface area contributed by atoms with E-state index in [2.05, 4.69) is 10.1 Å². The number of carbonyl (C=O) groups excluding carboxylic acids is 2. The molecule has 1 aliphatic heterocycles. The van der Waals surface area contributed by atoms with Crippen molar-refractivity contribution in [3.8, 4) is 0 Å². The number of nitrogens with one attached hydrogen (secondary N) is 1. The van der Waals surface area contributed by atoms with Gasteiger partial charge in [-0.2, -0.15) is 0 Å². The van der Waals surface area contributed by atoms with Gasteiger partial charge in [-0.3, -0.25) is 9.59 Å². The van der Waals surface area contributed by atoms with Gasteiger partial charge in [0, 0.05) is 12.6 Å². The number of piperidine rings is 1. The summed E-state index contributed by atoms with van der Waals surface area (Å²) in [7, 11) is 1.24. The highest BCUT2D eigenvalue weighted by atomic mass is 16.5. The zero-order valence-electron chi connectivity index (χ0n) is 10.3. The van der Waals surface area contributed by atoms with E-state index in [0.717, 1.165) is 12.8 Å². The standard InChI is InChI=1S/C11H18N2O5/c1-18-10(16)7-12-11(17)13-5-3-2-4-8(13)6-9(14)15/h8H,2-7H2,1H3,(H,12,17)(H,14,15). The van der Waals surface area contributed by atoms with Gasteiger partial charge in [-0.1, -0.05) is 0 Å². The molecule has 0 radical (unpaired) electrons. The van der Waals surface area contributed by atoms with Gasteiger partial charge < -0.3 is 20.1 Å². The lowest BCUT2D eigenvalue weighted by molar-refractivity contribution is -0.140. The van der Waals surface area contributed by atoms with Gasteiger partial charge in [0.15, 0.2) is 0 Å². The Morgan fingerprint density at radius 1 is 1.39 bits per heavy atom. The van der Waals surface area contributed by atoms with E-state index in [0.29, 0.717) is 13.0 Å². The van der Waals surface area contributed by atoms with Crippen LogP contribution in [-0.2, 0) is 14.3 Å². The molecule has 0 saturated carbocycles. The van der Waals surface area contributed by atoms with E-state index < -0.39 is 18.0 Å². The first-order valence-electron chi connectivity index (χ1n) is 5.87. The fraction of sp³-hybridized carbons (Fsp3) is 0.727. The lowest BCUT2D eigenvalue weighted by Gasteiger charge is -2.34. The van der Waals surface area contributed by atoms with E-state index >= 15 is 0 Å². The summed E-state index contributed by atoms with van der Waals surface area (Å²) in [6, 6.07) is -0.708. The topological polar surface area (TPSA) is 95.9 Å². The van der Waals surface area contributed by atoms with Crippen LogP contribution >= 0.6 is 0 Å².